The van der Waals surface area contributed by atoms with Gasteiger partial charge in [-0.1, -0.05) is 11.6 Å². The van der Waals surface area contributed by atoms with E-state index in [4.69, 9.17) is 16.9 Å². The number of rotatable bonds is 3. The van der Waals surface area contributed by atoms with Gasteiger partial charge >= 0.3 is 0 Å². The fourth-order valence-electron chi connectivity index (χ4n) is 3.15. The molecule has 0 atom stereocenters. The number of aromatic nitrogens is 1. The van der Waals surface area contributed by atoms with Gasteiger partial charge in [0.2, 0.25) is 0 Å². The average molecular weight is 435 g/mol. The highest BCUT2D eigenvalue weighted by Gasteiger charge is 2.31. The van der Waals surface area contributed by atoms with Gasteiger partial charge in [0, 0.05) is 47.5 Å². The van der Waals surface area contributed by atoms with E-state index in [9.17, 15) is 13.2 Å². The van der Waals surface area contributed by atoms with Gasteiger partial charge in [-0.15, -0.1) is 11.3 Å². The molecule has 0 bridgehead atoms. The third kappa shape index (κ3) is 3.40. The molecule has 1 saturated heterocycles. The number of sulfonamides is 1. The number of nitrogens with zero attached hydrogens (tertiary/aromatic N) is 3. The summed E-state index contributed by atoms with van der Waals surface area (Å²) in [5, 5.41) is 11.9. The van der Waals surface area contributed by atoms with E-state index in [1.807, 2.05) is 6.07 Å². The zero-order valence-electron chi connectivity index (χ0n) is 14.6. The van der Waals surface area contributed by atoms with Crippen LogP contribution >= 0.6 is 22.9 Å². The van der Waals surface area contributed by atoms with Gasteiger partial charge in [0.05, 0.1) is 10.4 Å². The van der Waals surface area contributed by atoms with Crippen molar-refractivity contribution >= 4 is 49.8 Å². The number of thiophene rings is 1. The molecule has 7 nitrogen and oxygen atoms in total. The lowest BCUT2D eigenvalue weighted by Gasteiger charge is -2.33. The van der Waals surface area contributed by atoms with Crippen molar-refractivity contribution in [1.82, 2.24) is 14.2 Å². The number of halogens is 1. The maximum atomic E-state index is 13.0. The summed E-state index contributed by atoms with van der Waals surface area (Å²) in [6.45, 7) is 1.01. The number of nitrogens with one attached hydrogen (secondary N) is 1. The Kier molecular flexibility index (Phi) is 4.89. The summed E-state index contributed by atoms with van der Waals surface area (Å²) in [4.78, 5) is 17.6. The van der Waals surface area contributed by atoms with E-state index in [1.165, 1.54) is 15.6 Å². The number of piperazine rings is 1. The molecule has 28 heavy (non-hydrogen) atoms. The van der Waals surface area contributed by atoms with Crippen molar-refractivity contribution in [2.24, 2.45) is 0 Å². The molecule has 10 heteroatoms. The third-order valence-corrected chi connectivity index (χ3v) is 7.62. The van der Waals surface area contributed by atoms with Gasteiger partial charge in [0.1, 0.15) is 11.1 Å². The molecular formula is C18H15ClN4O3S2. The number of nitriles is 1. The lowest BCUT2D eigenvalue weighted by atomic mass is 10.2. The summed E-state index contributed by atoms with van der Waals surface area (Å²) in [5.41, 5.74) is 1.15. The Hall–Kier alpha value is -2.38. The summed E-state index contributed by atoms with van der Waals surface area (Å²) in [7, 11) is -3.69. The van der Waals surface area contributed by atoms with E-state index in [1.54, 1.807) is 40.6 Å². The van der Waals surface area contributed by atoms with Crippen molar-refractivity contribution in [3.8, 4) is 6.07 Å². The zero-order chi connectivity index (χ0) is 19.9. The molecule has 0 unspecified atom stereocenters. The quantitative estimate of drug-likeness (QED) is 0.685. The number of hydrogen-bond acceptors (Lipinski definition) is 5. The molecule has 1 aromatic carbocycles. The number of fused-ring (bicyclic) bond motifs is 1. The summed E-state index contributed by atoms with van der Waals surface area (Å²) >= 11 is 7.19. The summed E-state index contributed by atoms with van der Waals surface area (Å²) < 4.78 is 27.3. The first-order valence-corrected chi connectivity index (χ1v) is 11.1. The van der Waals surface area contributed by atoms with Gasteiger partial charge in [-0.05, 0) is 30.3 Å². The predicted octanol–water partition coefficient (Wildman–Crippen LogP) is 2.90. The monoisotopic (exact) mass is 434 g/mol. The highest BCUT2D eigenvalue weighted by molar-refractivity contribution is 7.89. The van der Waals surface area contributed by atoms with Crippen LogP contribution < -0.4 is 0 Å². The second-order valence-corrected chi connectivity index (χ2v) is 9.63. The molecule has 3 aromatic rings. The summed E-state index contributed by atoms with van der Waals surface area (Å²) in [6.07, 6.45) is 0. The van der Waals surface area contributed by atoms with Crippen LogP contribution in [0.5, 0.6) is 0 Å². The van der Waals surface area contributed by atoms with Crippen LogP contribution in [0.3, 0.4) is 0 Å². The first kappa shape index (κ1) is 19.0. The van der Waals surface area contributed by atoms with Crippen LogP contribution in [0.1, 0.15) is 15.2 Å². The minimum Gasteiger partial charge on any atom is -0.345 e. The second kappa shape index (κ2) is 7.22. The van der Waals surface area contributed by atoms with Crippen molar-refractivity contribution < 1.29 is 13.2 Å². The smallest absolute Gasteiger partial charge is 0.264 e. The molecule has 3 heterocycles. The Labute approximate surface area is 170 Å². The molecule has 0 radical (unpaired) electrons. The zero-order valence-corrected chi connectivity index (χ0v) is 16.9. The Morgan fingerprint density at radius 1 is 1.18 bits per heavy atom. The van der Waals surface area contributed by atoms with Gasteiger partial charge < -0.3 is 9.88 Å². The van der Waals surface area contributed by atoms with Crippen molar-refractivity contribution in [3.05, 3.63) is 51.2 Å². The predicted molar refractivity (Wildman–Crippen MR) is 107 cm³/mol. The molecule has 0 saturated carbocycles. The van der Waals surface area contributed by atoms with Crippen LogP contribution in [0.25, 0.3) is 10.9 Å². The molecule has 0 aliphatic carbocycles. The van der Waals surface area contributed by atoms with Crippen LogP contribution in [-0.2, 0) is 10.0 Å². The van der Waals surface area contributed by atoms with Crippen LogP contribution in [0.15, 0.2) is 40.7 Å². The summed E-state index contributed by atoms with van der Waals surface area (Å²) in [5.74, 6) is -0.177. The number of benzene rings is 1. The number of H-pyrrole nitrogens is 1. The molecule has 1 aliphatic rings. The Morgan fingerprint density at radius 2 is 1.93 bits per heavy atom. The Balaban J connectivity index is 1.49. The van der Waals surface area contributed by atoms with Crippen LogP contribution in [-0.4, -0.2) is 54.7 Å². The van der Waals surface area contributed by atoms with Crippen molar-refractivity contribution in [2.75, 3.05) is 26.2 Å². The average Bonchev–Trinajstić information content (AvgIpc) is 3.34. The largest absolute Gasteiger partial charge is 0.345 e. The number of carbonyl (C=O) groups excluding carboxylic acids is 1. The highest BCUT2D eigenvalue weighted by atomic mass is 35.5. The molecule has 1 amide bonds. The van der Waals surface area contributed by atoms with Crippen molar-refractivity contribution in [2.45, 2.75) is 5.03 Å². The van der Waals surface area contributed by atoms with Crippen molar-refractivity contribution in [3.63, 3.8) is 0 Å². The second-order valence-electron chi connectivity index (χ2n) is 6.37. The number of carbonyl (C=O) groups is 1. The molecule has 0 spiro atoms. The fourth-order valence-corrected chi connectivity index (χ4v) is 5.57. The maximum absolute atomic E-state index is 13.0. The SMILES string of the molecule is N#Cc1csc(C(=O)N2CCN(S(=O)(=O)c3cc4cc(Cl)ccc4[nH]3)CC2)c1. The third-order valence-electron chi connectivity index (χ3n) is 4.64. The molecule has 1 N–H and O–H groups in total. The number of hydrogen-bond donors (Lipinski definition) is 1. The Morgan fingerprint density at radius 3 is 2.61 bits per heavy atom. The van der Waals surface area contributed by atoms with Crippen LogP contribution in [0.2, 0.25) is 5.02 Å². The number of amides is 1. The first-order valence-electron chi connectivity index (χ1n) is 8.45. The maximum Gasteiger partial charge on any atom is 0.264 e. The van der Waals surface area contributed by atoms with E-state index in [0.717, 1.165) is 5.39 Å². The van der Waals surface area contributed by atoms with Crippen LogP contribution in [0.4, 0.5) is 0 Å². The van der Waals surface area contributed by atoms with E-state index >= 15 is 0 Å². The van der Waals surface area contributed by atoms with Gasteiger partial charge in [0.25, 0.3) is 15.9 Å². The summed E-state index contributed by atoms with van der Waals surface area (Å²) in [6, 6.07) is 10.3. The lowest BCUT2D eigenvalue weighted by Crippen LogP contribution is -2.50. The highest BCUT2D eigenvalue weighted by Crippen LogP contribution is 2.25. The molecular weight excluding hydrogens is 420 g/mol. The Bertz CT molecular complexity index is 1200. The van der Waals surface area contributed by atoms with Crippen LogP contribution in [0, 0.1) is 11.3 Å². The van der Waals surface area contributed by atoms with Gasteiger partial charge in [-0.25, -0.2) is 8.42 Å². The standard InChI is InChI=1S/C18H15ClN4O3S2/c19-14-1-2-15-13(8-14)9-17(21-15)28(25,26)23-5-3-22(4-6-23)18(24)16-7-12(10-20)11-27-16/h1-2,7-9,11,21H,3-6H2. The fraction of sp³-hybridized carbons (Fsp3) is 0.222. The molecule has 4 rings (SSSR count). The molecule has 1 fully saturated rings. The lowest BCUT2D eigenvalue weighted by molar-refractivity contribution is 0.0702. The van der Waals surface area contributed by atoms with Gasteiger partial charge in [-0.3, -0.25) is 4.79 Å². The first-order chi connectivity index (χ1) is 13.4. The molecule has 2 aromatic heterocycles. The van der Waals surface area contributed by atoms with Crippen molar-refractivity contribution in [1.29, 1.82) is 5.26 Å². The van der Waals surface area contributed by atoms with Gasteiger partial charge in [0.15, 0.2) is 0 Å². The topological polar surface area (TPSA) is 97.3 Å². The molecule has 144 valence electrons. The van der Waals surface area contributed by atoms with E-state index in [-0.39, 0.29) is 24.0 Å². The minimum absolute atomic E-state index is 0.112. The van der Waals surface area contributed by atoms with E-state index in [2.05, 4.69) is 4.98 Å². The van der Waals surface area contributed by atoms with E-state index in [0.29, 0.717) is 34.1 Å². The van der Waals surface area contributed by atoms with E-state index < -0.39 is 10.0 Å². The molecule has 1 aliphatic heterocycles. The normalized spacial score (nSPS) is 15.6. The minimum atomic E-state index is -3.69. The number of aromatic amines is 1. The van der Waals surface area contributed by atoms with Gasteiger partial charge in [-0.2, -0.15) is 9.57 Å².